The number of hydrogen-bond donors (Lipinski definition) is 2. The first-order valence-corrected chi connectivity index (χ1v) is 11.5. The number of allylic oxidation sites excluding steroid dienone is 1. The van der Waals surface area contributed by atoms with Crippen molar-refractivity contribution in [3.63, 3.8) is 0 Å². The molecule has 1 radical (unpaired) electrons. The maximum absolute atomic E-state index is 12.9. The fourth-order valence-corrected chi connectivity index (χ4v) is 3.31. The smallest absolute Gasteiger partial charge is 0.416 e. The van der Waals surface area contributed by atoms with E-state index in [0.717, 1.165) is 24.3 Å². The number of hydrogen-bond acceptors (Lipinski definition) is 5. The monoisotopic (exact) mass is 742 g/mol. The Kier molecular flexibility index (Phi) is 11.4. The van der Waals surface area contributed by atoms with Crippen molar-refractivity contribution in [2.24, 2.45) is 0 Å². The number of para-hydroxylation sites is 2. The molecule has 1 atom stereocenters. The van der Waals surface area contributed by atoms with E-state index < -0.39 is 29.8 Å². The molecule has 4 aromatic rings. The zero-order valence-corrected chi connectivity index (χ0v) is 23.4. The van der Waals surface area contributed by atoms with Crippen LogP contribution in [0.15, 0.2) is 78.6 Å². The van der Waals surface area contributed by atoms with Crippen molar-refractivity contribution >= 4 is 11.0 Å². The van der Waals surface area contributed by atoms with Crippen LogP contribution in [0.25, 0.3) is 33.5 Å². The molecule has 1 heterocycles. The molecule has 0 aliphatic heterocycles. The molecule has 0 bridgehead atoms. The summed E-state index contributed by atoms with van der Waals surface area (Å²) in [6, 6.07) is 16.7. The van der Waals surface area contributed by atoms with Crippen LogP contribution in [0.4, 0.5) is 26.3 Å². The fourth-order valence-electron chi connectivity index (χ4n) is 3.31. The van der Waals surface area contributed by atoms with E-state index in [4.69, 9.17) is 10.2 Å². The van der Waals surface area contributed by atoms with Crippen molar-refractivity contribution in [1.29, 1.82) is 0 Å². The second kappa shape index (κ2) is 13.8. The summed E-state index contributed by atoms with van der Waals surface area (Å²) in [6.45, 7) is 1.79. The van der Waals surface area contributed by atoms with E-state index >= 15 is 0 Å². The van der Waals surface area contributed by atoms with Gasteiger partial charge in [0.1, 0.15) is 0 Å². The predicted octanol–water partition coefficient (Wildman–Crippen LogP) is 7.60. The van der Waals surface area contributed by atoms with Crippen molar-refractivity contribution in [3.05, 3.63) is 95.8 Å². The van der Waals surface area contributed by atoms with Crippen LogP contribution >= 0.6 is 0 Å². The van der Waals surface area contributed by atoms with Gasteiger partial charge < -0.3 is 14.9 Å². The first-order valence-electron chi connectivity index (χ1n) is 11.5. The molecule has 1 unspecified atom stereocenters. The first-order chi connectivity index (χ1) is 18.3. The second-order valence-electron chi connectivity index (χ2n) is 8.11. The van der Waals surface area contributed by atoms with Crippen LogP contribution in [-0.2, 0) is 37.2 Å². The van der Waals surface area contributed by atoms with Crippen molar-refractivity contribution in [2.75, 3.05) is 7.11 Å². The zero-order chi connectivity index (χ0) is 28.8. The molecule has 12 heteroatoms. The van der Waals surface area contributed by atoms with Crippen LogP contribution in [0.3, 0.4) is 0 Å². The molecule has 0 saturated carbocycles. The minimum absolute atomic E-state index is 0. The molecule has 0 aliphatic rings. The maximum atomic E-state index is 12.9. The van der Waals surface area contributed by atoms with Crippen LogP contribution in [0.2, 0.25) is 0 Å². The van der Waals surface area contributed by atoms with Gasteiger partial charge in [-0.3, -0.25) is 9.97 Å². The zero-order valence-electron chi connectivity index (χ0n) is 21.0. The quantitative estimate of drug-likeness (QED) is 0.0955. The molecule has 1 aromatic heterocycles. The van der Waals surface area contributed by atoms with Gasteiger partial charge in [0, 0.05) is 45.4 Å². The Labute approximate surface area is 239 Å². The molecule has 3 aromatic carbocycles. The van der Waals surface area contributed by atoms with Gasteiger partial charge in [-0.25, -0.2) is 0 Å². The Morgan fingerprint density at radius 2 is 1.40 bits per heavy atom. The number of alkyl halides is 6. The summed E-state index contributed by atoms with van der Waals surface area (Å²) in [5.74, 6) is 0.143. The average molecular weight is 742 g/mol. The van der Waals surface area contributed by atoms with Gasteiger partial charge >= 0.3 is 12.4 Å². The molecule has 0 spiro atoms. The number of nitrogens with zero attached hydrogens (tertiary/aromatic N) is 2. The second-order valence-corrected chi connectivity index (χ2v) is 8.11. The summed E-state index contributed by atoms with van der Waals surface area (Å²) in [5.41, 5.74) is 0.388. The molecule has 2 N–H and O–H groups in total. The van der Waals surface area contributed by atoms with Crippen LogP contribution in [-0.4, -0.2) is 33.6 Å². The third kappa shape index (κ3) is 8.59. The third-order valence-corrected chi connectivity index (χ3v) is 5.39. The summed E-state index contributed by atoms with van der Waals surface area (Å²) in [7, 11) is 1.37. The summed E-state index contributed by atoms with van der Waals surface area (Å²) in [6.07, 6.45) is -8.22. The van der Waals surface area contributed by atoms with E-state index in [1.165, 1.54) is 31.4 Å². The Morgan fingerprint density at radius 3 is 1.85 bits per heavy atom. The van der Waals surface area contributed by atoms with Crippen LogP contribution < -0.4 is 0 Å². The van der Waals surface area contributed by atoms with Gasteiger partial charge in [-0.05, 0) is 35.4 Å². The van der Waals surface area contributed by atoms with E-state index in [2.05, 4.69) is 20.8 Å². The van der Waals surface area contributed by atoms with Gasteiger partial charge in [0.05, 0.1) is 28.0 Å². The normalized spacial score (nSPS) is 12.8. The van der Waals surface area contributed by atoms with E-state index in [-0.39, 0.29) is 42.8 Å². The molecule has 0 saturated heterocycles. The average Bonchev–Trinajstić information content (AvgIpc) is 2.91. The Bertz CT molecular complexity index is 1330. The number of fused-ring (bicyclic) bond motifs is 1. The van der Waals surface area contributed by atoms with Crippen LogP contribution in [0, 0.1) is 6.07 Å². The van der Waals surface area contributed by atoms with Crippen LogP contribution in [0.5, 0.6) is 0 Å². The minimum atomic E-state index is -4.51. The SMILES string of the molecule is CCC(O)=CC(O)OC.FC(F)(F)c1c[c-]c(-c2nc3ccccc3nc2-c2ccc(C(F)(F)F)cc2)cc1.[Ir]. The third-order valence-electron chi connectivity index (χ3n) is 5.39. The maximum Gasteiger partial charge on any atom is 0.416 e. The molecule has 0 fully saturated rings. The van der Waals surface area contributed by atoms with E-state index in [1.54, 1.807) is 31.2 Å². The number of halogens is 6. The topological polar surface area (TPSA) is 75.5 Å². The Hall–Kier alpha value is -3.31. The van der Waals surface area contributed by atoms with Crippen molar-refractivity contribution < 1.29 is 61.4 Å². The number of aliphatic hydroxyl groups is 2. The number of rotatable bonds is 5. The fraction of sp³-hybridized carbons (Fsp3) is 0.214. The van der Waals surface area contributed by atoms with Crippen molar-refractivity contribution in [3.8, 4) is 22.5 Å². The van der Waals surface area contributed by atoms with Gasteiger partial charge in [-0.15, -0.1) is 29.8 Å². The number of methoxy groups -OCH3 is 1. The van der Waals surface area contributed by atoms with Gasteiger partial charge in [0.15, 0.2) is 6.29 Å². The Morgan fingerprint density at radius 1 is 0.875 bits per heavy atom. The van der Waals surface area contributed by atoms with E-state index in [1.807, 2.05) is 0 Å². The Balaban J connectivity index is 0.000000486. The largest absolute Gasteiger partial charge is 0.512 e. The standard InChI is InChI=1S/C22H11F6N2.C6H12O3.Ir/c23-21(24,25)15-9-5-13(6-10-15)19-20(30-18-4-2-1-3-17(18)29-19)14-7-11-16(12-8-14)22(26,27)28;1-3-5(7)4-6(8)9-2;/h1-7,9-12H;4,6-8H,3H2,1-2H3;/q-1;;. The van der Waals surface area contributed by atoms with Gasteiger partial charge in [-0.1, -0.05) is 31.2 Å². The van der Waals surface area contributed by atoms with Gasteiger partial charge in [0.2, 0.25) is 0 Å². The summed E-state index contributed by atoms with van der Waals surface area (Å²) >= 11 is 0. The number of ether oxygens (including phenoxy) is 1. The first kappa shape index (κ1) is 32.9. The predicted molar refractivity (Wildman–Crippen MR) is 133 cm³/mol. The van der Waals surface area contributed by atoms with Crippen molar-refractivity contribution in [1.82, 2.24) is 9.97 Å². The number of benzene rings is 3. The molecule has 4 rings (SSSR count). The van der Waals surface area contributed by atoms with Gasteiger partial charge in [-0.2, -0.15) is 26.3 Å². The minimum Gasteiger partial charge on any atom is -0.512 e. The van der Waals surface area contributed by atoms with Crippen LogP contribution in [0.1, 0.15) is 24.5 Å². The van der Waals surface area contributed by atoms with E-state index in [9.17, 15) is 26.3 Å². The summed E-state index contributed by atoms with van der Waals surface area (Å²) in [5, 5.41) is 17.5. The number of aromatic nitrogens is 2. The van der Waals surface area contributed by atoms with Gasteiger partial charge in [0.25, 0.3) is 0 Å². The molecule has 40 heavy (non-hydrogen) atoms. The molecular formula is C28H23F6IrN2O3-. The number of aliphatic hydroxyl groups excluding tert-OH is 2. The summed E-state index contributed by atoms with van der Waals surface area (Å²) in [4.78, 5) is 8.99. The van der Waals surface area contributed by atoms with E-state index in [0.29, 0.717) is 23.0 Å². The summed E-state index contributed by atoms with van der Waals surface area (Å²) < 4.78 is 81.7. The molecule has 0 amide bonds. The molecule has 215 valence electrons. The van der Waals surface area contributed by atoms with Crippen molar-refractivity contribution in [2.45, 2.75) is 32.0 Å². The molecule has 0 aliphatic carbocycles. The molecular weight excluding hydrogens is 719 g/mol. The molecule has 5 nitrogen and oxygen atoms in total.